The molecule has 21 heavy (non-hydrogen) atoms. The summed E-state index contributed by atoms with van der Waals surface area (Å²) in [5, 5.41) is 0. The quantitative estimate of drug-likeness (QED) is 0.352. The number of hydrogen-bond donors (Lipinski definition) is 0. The summed E-state index contributed by atoms with van der Waals surface area (Å²) in [6.45, 7) is 7.07. The highest BCUT2D eigenvalue weighted by atomic mass is 16.5. The average molecular weight is 284 g/mol. The Labute approximate surface area is 125 Å². The minimum atomic E-state index is -0.397. The molecule has 0 N–H and O–H groups in total. The third kappa shape index (κ3) is 6.04. The molecule has 0 heterocycles. The first-order valence-electron chi connectivity index (χ1n) is 6.72. The van der Waals surface area contributed by atoms with Gasteiger partial charge in [-0.05, 0) is 63.1 Å². The van der Waals surface area contributed by atoms with Gasteiger partial charge in [0, 0.05) is 0 Å². The molecule has 1 aromatic carbocycles. The highest BCUT2D eigenvalue weighted by Crippen LogP contribution is 2.14. The molecular weight excluding hydrogens is 264 g/mol. The van der Waals surface area contributed by atoms with Crippen LogP contribution in [0.25, 0.3) is 0 Å². The number of rotatable bonds is 5. The van der Waals surface area contributed by atoms with Crippen LogP contribution in [-0.4, -0.2) is 11.8 Å². The smallest absolute Gasteiger partial charge is 0.343 e. The highest BCUT2D eigenvalue weighted by molar-refractivity contribution is 5.90. The third-order valence-corrected chi connectivity index (χ3v) is 2.64. The first-order valence-corrected chi connectivity index (χ1v) is 6.72. The Morgan fingerprint density at radius 1 is 0.952 bits per heavy atom. The van der Waals surface area contributed by atoms with Gasteiger partial charge in [-0.3, -0.25) is 4.79 Å². The average Bonchev–Trinajstić information content (AvgIpc) is 2.45. The number of esters is 1. The molecular formula is C18H20O3. The predicted molar refractivity (Wildman–Crippen MR) is 83.8 cm³/mol. The summed E-state index contributed by atoms with van der Waals surface area (Å²) in [4.78, 5) is 23.0. The zero-order chi connectivity index (χ0) is 15.8. The monoisotopic (exact) mass is 284 g/mol. The topological polar surface area (TPSA) is 43.4 Å². The van der Waals surface area contributed by atoms with Gasteiger partial charge in [-0.2, -0.15) is 0 Å². The van der Waals surface area contributed by atoms with E-state index in [9.17, 15) is 9.59 Å². The van der Waals surface area contributed by atoms with Crippen molar-refractivity contribution in [2.24, 2.45) is 0 Å². The number of carbonyl (C=O) groups is 2. The Balaban J connectivity index is 2.90. The standard InChI is InChI=1S/C18H20O3/c1-13(2)17(12-14(3)10-11-15(4)19)21-18(20)16-8-6-5-7-9-16/h5-12H,1-4H3/b11-10-,14-12+. The van der Waals surface area contributed by atoms with E-state index in [1.807, 2.05) is 26.8 Å². The second-order valence-corrected chi connectivity index (χ2v) is 4.95. The molecule has 3 heteroatoms. The predicted octanol–water partition coefficient (Wildman–Crippen LogP) is 4.23. The number of benzene rings is 1. The van der Waals surface area contributed by atoms with Crippen molar-refractivity contribution >= 4 is 11.8 Å². The Morgan fingerprint density at radius 3 is 2.10 bits per heavy atom. The summed E-state index contributed by atoms with van der Waals surface area (Å²) in [6.07, 6.45) is 4.92. The number of carbonyl (C=O) groups excluding carboxylic acids is 2. The second kappa shape index (κ2) is 8.00. The van der Waals surface area contributed by atoms with Gasteiger partial charge >= 0.3 is 5.97 Å². The lowest BCUT2D eigenvalue weighted by atomic mass is 10.2. The largest absolute Gasteiger partial charge is 0.423 e. The van der Waals surface area contributed by atoms with Crippen molar-refractivity contribution in [3.63, 3.8) is 0 Å². The van der Waals surface area contributed by atoms with E-state index in [4.69, 9.17) is 4.74 Å². The minimum absolute atomic E-state index is 0.0252. The molecule has 0 fully saturated rings. The van der Waals surface area contributed by atoms with Gasteiger partial charge in [0.25, 0.3) is 0 Å². The first kappa shape index (κ1) is 16.6. The number of hydrogen-bond acceptors (Lipinski definition) is 3. The van der Waals surface area contributed by atoms with Gasteiger partial charge in [-0.1, -0.05) is 24.3 Å². The van der Waals surface area contributed by atoms with Crippen LogP contribution >= 0.6 is 0 Å². The lowest BCUT2D eigenvalue weighted by Crippen LogP contribution is -2.05. The molecule has 0 saturated carbocycles. The molecule has 0 aliphatic heterocycles. The zero-order valence-electron chi connectivity index (χ0n) is 12.8. The first-order chi connectivity index (χ1) is 9.90. The molecule has 0 aliphatic rings. The lowest BCUT2D eigenvalue weighted by Gasteiger charge is -2.08. The molecule has 3 nitrogen and oxygen atoms in total. The van der Waals surface area contributed by atoms with Gasteiger partial charge in [0.05, 0.1) is 5.56 Å². The van der Waals surface area contributed by atoms with Gasteiger partial charge < -0.3 is 4.74 Å². The maximum Gasteiger partial charge on any atom is 0.343 e. The van der Waals surface area contributed by atoms with E-state index < -0.39 is 5.97 Å². The van der Waals surface area contributed by atoms with Crippen LogP contribution in [0.15, 0.2) is 65.5 Å². The van der Waals surface area contributed by atoms with E-state index in [2.05, 4.69) is 0 Å². The summed E-state index contributed by atoms with van der Waals surface area (Å²) in [5.74, 6) is 0.0729. The van der Waals surface area contributed by atoms with Gasteiger partial charge in [0.1, 0.15) is 5.76 Å². The maximum atomic E-state index is 12.0. The summed E-state index contributed by atoms with van der Waals surface area (Å²) < 4.78 is 5.42. The summed E-state index contributed by atoms with van der Waals surface area (Å²) >= 11 is 0. The number of allylic oxidation sites excluding steroid dienone is 5. The number of ketones is 1. The normalized spacial score (nSPS) is 11.3. The van der Waals surface area contributed by atoms with Crippen LogP contribution in [0, 0.1) is 0 Å². The minimum Gasteiger partial charge on any atom is -0.423 e. The van der Waals surface area contributed by atoms with Crippen LogP contribution in [0.2, 0.25) is 0 Å². The third-order valence-electron chi connectivity index (χ3n) is 2.64. The summed E-state index contributed by atoms with van der Waals surface area (Å²) in [6, 6.07) is 8.83. The molecule has 1 rings (SSSR count). The van der Waals surface area contributed by atoms with Crippen molar-refractivity contribution in [3.05, 3.63) is 71.0 Å². The van der Waals surface area contributed by atoms with Crippen molar-refractivity contribution in [1.82, 2.24) is 0 Å². The maximum absolute atomic E-state index is 12.0. The summed E-state index contributed by atoms with van der Waals surface area (Å²) in [5.41, 5.74) is 2.22. The molecule has 0 atom stereocenters. The van der Waals surface area contributed by atoms with E-state index >= 15 is 0 Å². The molecule has 0 bridgehead atoms. The molecule has 0 amide bonds. The second-order valence-electron chi connectivity index (χ2n) is 4.95. The molecule has 0 spiro atoms. The Hall–Kier alpha value is -2.42. The highest BCUT2D eigenvalue weighted by Gasteiger charge is 2.09. The van der Waals surface area contributed by atoms with Crippen molar-refractivity contribution in [1.29, 1.82) is 0 Å². The Bertz CT molecular complexity index is 601. The molecule has 0 unspecified atom stereocenters. The van der Waals surface area contributed by atoms with E-state index in [1.54, 1.807) is 36.4 Å². The zero-order valence-corrected chi connectivity index (χ0v) is 12.8. The fraction of sp³-hybridized carbons (Fsp3) is 0.222. The van der Waals surface area contributed by atoms with Crippen molar-refractivity contribution < 1.29 is 14.3 Å². The Morgan fingerprint density at radius 2 is 1.57 bits per heavy atom. The van der Waals surface area contributed by atoms with Crippen molar-refractivity contribution in [3.8, 4) is 0 Å². The summed E-state index contributed by atoms with van der Waals surface area (Å²) in [7, 11) is 0. The van der Waals surface area contributed by atoms with Crippen molar-refractivity contribution in [2.75, 3.05) is 0 Å². The van der Waals surface area contributed by atoms with Crippen LogP contribution in [0.5, 0.6) is 0 Å². The van der Waals surface area contributed by atoms with Crippen LogP contribution in [0.3, 0.4) is 0 Å². The van der Waals surface area contributed by atoms with Crippen LogP contribution in [0.1, 0.15) is 38.1 Å². The van der Waals surface area contributed by atoms with Crippen molar-refractivity contribution in [2.45, 2.75) is 27.7 Å². The molecule has 0 radical (unpaired) electrons. The molecule has 110 valence electrons. The van der Waals surface area contributed by atoms with E-state index in [0.29, 0.717) is 11.3 Å². The van der Waals surface area contributed by atoms with Gasteiger partial charge in [-0.25, -0.2) is 4.79 Å². The molecule has 0 saturated heterocycles. The fourth-order valence-electron chi connectivity index (χ4n) is 1.51. The van der Waals surface area contributed by atoms with Gasteiger partial charge in [0.2, 0.25) is 0 Å². The fourth-order valence-corrected chi connectivity index (χ4v) is 1.51. The van der Waals surface area contributed by atoms with Gasteiger partial charge in [0.15, 0.2) is 5.78 Å². The SMILES string of the molecule is CC(=O)/C=C\C(C)=C\C(OC(=O)c1ccccc1)=C(C)C. The van der Waals surface area contributed by atoms with Gasteiger partial charge in [-0.15, -0.1) is 0 Å². The Kier molecular flexibility index (Phi) is 6.34. The van der Waals surface area contributed by atoms with E-state index in [-0.39, 0.29) is 5.78 Å². The molecule has 0 aliphatic carbocycles. The number of ether oxygens (including phenoxy) is 1. The molecule has 1 aromatic rings. The van der Waals surface area contributed by atoms with E-state index in [1.165, 1.54) is 13.0 Å². The van der Waals surface area contributed by atoms with Crippen LogP contribution < -0.4 is 0 Å². The van der Waals surface area contributed by atoms with Crippen LogP contribution in [-0.2, 0) is 9.53 Å². The van der Waals surface area contributed by atoms with Crippen LogP contribution in [0.4, 0.5) is 0 Å². The molecule has 0 aromatic heterocycles. The lowest BCUT2D eigenvalue weighted by molar-refractivity contribution is -0.112. The van der Waals surface area contributed by atoms with E-state index in [0.717, 1.165) is 11.1 Å².